The van der Waals surface area contributed by atoms with Crippen molar-refractivity contribution in [2.45, 2.75) is 26.3 Å². The molecule has 0 bridgehead atoms. The summed E-state index contributed by atoms with van der Waals surface area (Å²) in [6, 6.07) is 22.2. The summed E-state index contributed by atoms with van der Waals surface area (Å²) in [7, 11) is 0. The lowest BCUT2D eigenvalue weighted by molar-refractivity contribution is 0.0360. The Morgan fingerprint density at radius 2 is 1.42 bits per heavy atom. The maximum absolute atomic E-state index is 13.3. The van der Waals surface area contributed by atoms with E-state index < -0.39 is 5.54 Å². The molecule has 26 heavy (non-hydrogen) atoms. The predicted molar refractivity (Wildman–Crippen MR) is 104 cm³/mol. The van der Waals surface area contributed by atoms with Gasteiger partial charge in [-0.25, -0.2) is 5.01 Å². The van der Waals surface area contributed by atoms with E-state index >= 15 is 0 Å². The maximum atomic E-state index is 13.3. The van der Waals surface area contributed by atoms with Crippen LogP contribution in [0.1, 0.15) is 41.5 Å². The third kappa shape index (κ3) is 3.59. The number of rotatable bonds is 2. The molecule has 0 aliphatic carbocycles. The van der Waals surface area contributed by atoms with Crippen LogP contribution in [0.3, 0.4) is 0 Å². The molecule has 3 rings (SSSR count). The van der Waals surface area contributed by atoms with Crippen LogP contribution in [-0.2, 0) is 0 Å². The molecule has 132 valence electrons. The molecule has 0 aliphatic rings. The summed E-state index contributed by atoms with van der Waals surface area (Å²) in [5.74, 6) is -0.548. The summed E-state index contributed by atoms with van der Waals surface area (Å²) < 4.78 is 0. The van der Waals surface area contributed by atoms with Gasteiger partial charge in [0.1, 0.15) is 0 Å². The minimum Gasteiger partial charge on any atom is -0.267 e. The van der Waals surface area contributed by atoms with Crippen LogP contribution in [-0.4, -0.2) is 22.4 Å². The summed E-state index contributed by atoms with van der Waals surface area (Å²) in [6.45, 7) is 5.67. The second-order valence-corrected chi connectivity index (χ2v) is 7.15. The molecule has 0 saturated heterocycles. The molecule has 0 aromatic heterocycles. The molecule has 0 radical (unpaired) electrons. The lowest BCUT2D eigenvalue weighted by Crippen LogP contribution is -2.55. The Morgan fingerprint density at radius 1 is 0.808 bits per heavy atom. The zero-order valence-electron chi connectivity index (χ0n) is 15.2. The summed E-state index contributed by atoms with van der Waals surface area (Å²) in [5, 5.41) is 3.26. The quantitative estimate of drug-likeness (QED) is 0.698. The molecule has 0 saturated carbocycles. The number of nitrogens with zero attached hydrogens (tertiary/aromatic N) is 1. The van der Waals surface area contributed by atoms with Crippen LogP contribution in [0.4, 0.5) is 0 Å². The van der Waals surface area contributed by atoms with E-state index in [1.807, 2.05) is 63.2 Å². The average Bonchev–Trinajstić information content (AvgIpc) is 2.64. The Hall–Kier alpha value is -3.14. The second-order valence-electron chi connectivity index (χ2n) is 7.15. The Bertz CT molecular complexity index is 938. The van der Waals surface area contributed by atoms with E-state index in [9.17, 15) is 9.59 Å². The van der Waals surface area contributed by atoms with Gasteiger partial charge in [0.05, 0.1) is 5.54 Å². The molecule has 1 N–H and O–H groups in total. The Kier molecular flexibility index (Phi) is 4.76. The molecule has 4 heteroatoms. The van der Waals surface area contributed by atoms with Gasteiger partial charge in [0.25, 0.3) is 11.8 Å². The molecule has 0 heterocycles. The molecule has 4 nitrogen and oxygen atoms in total. The SMILES string of the molecule is CC(C)(C)N(NC(=O)c1ccccc1)C(=O)c1cccc2ccccc12. The van der Waals surface area contributed by atoms with Gasteiger partial charge < -0.3 is 0 Å². The first-order chi connectivity index (χ1) is 12.4. The van der Waals surface area contributed by atoms with Crippen molar-refractivity contribution in [2.75, 3.05) is 0 Å². The van der Waals surface area contributed by atoms with Gasteiger partial charge >= 0.3 is 0 Å². The second kappa shape index (κ2) is 7.00. The number of hydrogen-bond donors (Lipinski definition) is 1. The summed E-state index contributed by atoms with van der Waals surface area (Å²) >= 11 is 0. The number of amides is 2. The minimum atomic E-state index is -0.585. The fraction of sp³-hybridized carbons (Fsp3) is 0.182. The van der Waals surface area contributed by atoms with Crippen molar-refractivity contribution in [2.24, 2.45) is 0 Å². The lowest BCUT2D eigenvalue weighted by atomic mass is 10.0. The maximum Gasteiger partial charge on any atom is 0.273 e. The smallest absolute Gasteiger partial charge is 0.267 e. The van der Waals surface area contributed by atoms with E-state index in [-0.39, 0.29) is 11.8 Å². The van der Waals surface area contributed by atoms with Crippen molar-refractivity contribution in [3.05, 3.63) is 83.9 Å². The molecular weight excluding hydrogens is 324 g/mol. The first kappa shape index (κ1) is 17.7. The molecule has 0 atom stereocenters. The lowest BCUT2D eigenvalue weighted by Gasteiger charge is -2.35. The van der Waals surface area contributed by atoms with Crippen molar-refractivity contribution in [3.8, 4) is 0 Å². The first-order valence-corrected chi connectivity index (χ1v) is 8.56. The van der Waals surface area contributed by atoms with Crippen molar-refractivity contribution < 1.29 is 9.59 Å². The first-order valence-electron chi connectivity index (χ1n) is 8.56. The molecule has 0 unspecified atom stereocenters. The molecule has 0 spiro atoms. The van der Waals surface area contributed by atoms with Gasteiger partial charge in [0.2, 0.25) is 0 Å². The summed E-state index contributed by atoms with van der Waals surface area (Å²) in [6.07, 6.45) is 0. The summed E-state index contributed by atoms with van der Waals surface area (Å²) in [5.41, 5.74) is 3.26. The fourth-order valence-corrected chi connectivity index (χ4v) is 2.81. The average molecular weight is 346 g/mol. The van der Waals surface area contributed by atoms with E-state index in [4.69, 9.17) is 0 Å². The van der Waals surface area contributed by atoms with Crippen LogP contribution in [0.25, 0.3) is 10.8 Å². The van der Waals surface area contributed by atoms with Gasteiger partial charge in [0, 0.05) is 11.1 Å². The Morgan fingerprint density at radius 3 is 2.12 bits per heavy atom. The molecule has 3 aromatic rings. The standard InChI is InChI=1S/C22H22N2O2/c1-22(2,3)24(23-20(25)17-11-5-4-6-12-17)21(26)19-15-9-13-16-10-7-8-14-18(16)19/h4-15H,1-3H3,(H,23,25). The fourth-order valence-electron chi connectivity index (χ4n) is 2.81. The highest BCUT2D eigenvalue weighted by Crippen LogP contribution is 2.22. The van der Waals surface area contributed by atoms with Crippen LogP contribution in [0.5, 0.6) is 0 Å². The molecule has 0 aliphatic heterocycles. The predicted octanol–water partition coefficient (Wildman–Crippen LogP) is 4.43. The van der Waals surface area contributed by atoms with E-state index in [0.29, 0.717) is 11.1 Å². The largest absolute Gasteiger partial charge is 0.273 e. The van der Waals surface area contributed by atoms with Crippen LogP contribution in [0.2, 0.25) is 0 Å². The van der Waals surface area contributed by atoms with E-state index in [1.54, 1.807) is 30.3 Å². The van der Waals surface area contributed by atoms with Crippen LogP contribution in [0.15, 0.2) is 72.8 Å². The van der Waals surface area contributed by atoms with E-state index in [0.717, 1.165) is 10.8 Å². The summed E-state index contributed by atoms with van der Waals surface area (Å²) in [4.78, 5) is 25.9. The highest BCUT2D eigenvalue weighted by molar-refractivity contribution is 6.08. The Balaban J connectivity index is 1.98. The minimum absolute atomic E-state index is 0.237. The molecule has 0 fully saturated rings. The number of benzene rings is 3. The van der Waals surface area contributed by atoms with Gasteiger partial charge in [-0.2, -0.15) is 0 Å². The highest BCUT2D eigenvalue weighted by atomic mass is 16.2. The number of hydrogen-bond acceptors (Lipinski definition) is 2. The Labute approximate surface area is 153 Å². The number of nitrogens with one attached hydrogen (secondary N) is 1. The number of carbonyl (C=O) groups is 2. The van der Waals surface area contributed by atoms with Crippen molar-refractivity contribution in [1.82, 2.24) is 10.4 Å². The molecular formula is C22H22N2O2. The normalized spacial score (nSPS) is 11.2. The topological polar surface area (TPSA) is 49.4 Å². The molecule has 2 amide bonds. The number of fused-ring (bicyclic) bond motifs is 1. The number of carbonyl (C=O) groups excluding carboxylic acids is 2. The van der Waals surface area contributed by atoms with E-state index in [1.165, 1.54) is 5.01 Å². The van der Waals surface area contributed by atoms with Crippen molar-refractivity contribution in [1.29, 1.82) is 0 Å². The van der Waals surface area contributed by atoms with Gasteiger partial charge in [-0.1, -0.05) is 54.6 Å². The zero-order chi connectivity index (χ0) is 18.7. The molecule has 3 aromatic carbocycles. The van der Waals surface area contributed by atoms with Gasteiger partial charge in [-0.3, -0.25) is 15.0 Å². The zero-order valence-corrected chi connectivity index (χ0v) is 15.2. The van der Waals surface area contributed by atoms with Crippen molar-refractivity contribution >= 4 is 22.6 Å². The van der Waals surface area contributed by atoms with Gasteiger partial charge in [-0.15, -0.1) is 0 Å². The number of hydrazine groups is 1. The van der Waals surface area contributed by atoms with E-state index in [2.05, 4.69) is 5.43 Å². The van der Waals surface area contributed by atoms with Gasteiger partial charge in [-0.05, 0) is 49.7 Å². The third-order valence-corrected chi connectivity index (χ3v) is 4.14. The van der Waals surface area contributed by atoms with Crippen molar-refractivity contribution in [3.63, 3.8) is 0 Å². The van der Waals surface area contributed by atoms with Crippen LogP contribution in [0, 0.1) is 0 Å². The third-order valence-electron chi connectivity index (χ3n) is 4.14. The monoisotopic (exact) mass is 346 g/mol. The highest BCUT2D eigenvalue weighted by Gasteiger charge is 2.30. The van der Waals surface area contributed by atoms with Crippen LogP contribution >= 0.6 is 0 Å². The van der Waals surface area contributed by atoms with Crippen LogP contribution < -0.4 is 5.43 Å². The van der Waals surface area contributed by atoms with Gasteiger partial charge in [0.15, 0.2) is 0 Å².